The number of benzene rings is 2. The first-order chi connectivity index (χ1) is 12.6. The summed E-state index contributed by atoms with van der Waals surface area (Å²) in [6, 6.07) is 15.8. The van der Waals surface area contributed by atoms with Gasteiger partial charge in [0.2, 0.25) is 0 Å². The van der Waals surface area contributed by atoms with E-state index in [0.29, 0.717) is 5.69 Å². The van der Waals surface area contributed by atoms with Gasteiger partial charge in [0.1, 0.15) is 5.75 Å². The highest BCUT2D eigenvalue weighted by Gasteiger charge is 2.23. The Morgan fingerprint density at radius 2 is 1.88 bits per heavy atom. The summed E-state index contributed by atoms with van der Waals surface area (Å²) in [6.45, 7) is -0.270. The van der Waals surface area contributed by atoms with Crippen molar-refractivity contribution in [2.45, 2.75) is 25.6 Å². The number of nitrogens with one attached hydrogen (secondary N) is 2. The van der Waals surface area contributed by atoms with Crippen molar-refractivity contribution in [3.8, 4) is 5.75 Å². The molecule has 1 aliphatic rings. The number of alkyl halides is 2. The van der Waals surface area contributed by atoms with E-state index in [1.54, 1.807) is 0 Å². The summed E-state index contributed by atoms with van der Waals surface area (Å²) in [5.41, 5.74) is 1.77. The van der Waals surface area contributed by atoms with Crippen LogP contribution in [0.5, 0.6) is 5.75 Å². The Labute approximate surface area is 151 Å². The lowest BCUT2D eigenvalue weighted by Crippen LogP contribution is -2.39. The van der Waals surface area contributed by atoms with Gasteiger partial charge < -0.3 is 15.4 Å². The Morgan fingerprint density at radius 1 is 1.15 bits per heavy atom. The molecular formula is C19H21F2N3O2. The summed E-state index contributed by atoms with van der Waals surface area (Å²) in [5.74, 6) is 0.0540. The average molecular weight is 361 g/mol. The van der Waals surface area contributed by atoms with Crippen molar-refractivity contribution < 1.29 is 18.3 Å². The predicted molar refractivity (Wildman–Crippen MR) is 95.4 cm³/mol. The molecule has 3 rings (SSSR count). The maximum Gasteiger partial charge on any atom is 0.387 e. The number of carbonyl (C=O) groups excluding carboxylic acids is 1. The Bertz CT molecular complexity index is 710. The lowest BCUT2D eigenvalue weighted by atomic mass is 10.2. The van der Waals surface area contributed by atoms with E-state index in [1.807, 2.05) is 18.2 Å². The van der Waals surface area contributed by atoms with E-state index in [-0.39, 0.29) is 17.8 Å². The third kappa shape index (κ3) is 5.42. The van der Waals surface area contributed by atoms with Crippen LogP contribution in [0.3, 0.4) is 0 Å². The normalized spacial score (nSPS) is 17.3. The van der Waals surface area contributed by atoms with Gasteiger partial charge in [0, 0.05) is 31.4 Å². The minimum atomic E-state index is -2.86. The molecule has 138 valence electrons. The second-order valence-corrected chi connectivity index (χ2v) is 6.21. The van der Waals surface area contributed by atoms with E-state index in [0.717, 1.165) is 26.1 Å². The zero-order valence-corrected chi connectivity index (χ0v) is 14.2. The second-order valence-electron chi connectivity index (χ2n) is 6.21. The molecule has 2 aromatic rings. The lowest BCUT2D eigenvalue weighted by molar-refractivity contribution is -0.0498. The quantitative estimate of drug-likeness (QED) is 0.825. The van der Waals surface area contributed by atoms with Crippen LogP contribution in [-0.2, 0) is 6.54 Å². The van der Waals surface area contributed by atoms with Gasteiger partial charge in [0.25, 0.3) is 0 Å². The van der Waals surface area contributed by atoms with Gasteiger partial charge in [-0.1, -0.05) is 30.3 Å². The molecule has 1 fully saturated rings. The SMILES string of the molecule is O=C(Nc1ccc(OC(F)F)cc1)N[C@H]1CCN(Cc2ccccc2)C1. The van der Waals surface area contributed by atoms with Gasteiger partial charge in [-0.2, -0.15) is 8.78 Å². The number of nitrogens with zero attached hydrogens (tertiary/aromatic N) is 1. The molecule has 0 unspecified atom stereocenters. The molecule has 5 nitrogen and oxygen atoms in total. The standard InChI is InChI=1S/C19H21F2N3O2/c20-18(21)26-17-8-6-15(7-9-17)22-19(25)23-16-10-11-24(13-16)12-14-4-2-1-3-5-14/h1-9,16,18H,10-13H2,(H2,22,23,25)/t16-/m0/s1. The molecule has 0 aliphatic carbocycles. The molecule has 2 N–H and O–H groups in total. The molecule has 7 heteroatoms. The number of hydrogen-bond donors (Lipinski definition) is 2. The number of ether oxygens (including phenoxy) is 1. The highest BCUT2D eigenvalue weighted by molar-refractivity contribution is 5.89. The van der Waals surface area contributed by atoms with Crippen molar-refractivity contribution in [3.05, 3.63) is 60.2 Å². The fourth-order valence-corrected chi connectivity index (χ4v) is 3.01. The zero-order chi connectivity index (χ0) is 18.4. The largest absolute Gasteiger partial charge is 0.435 e. The summed E-state index contributed by atoms with van der Waals surface area (Å²) in [7, 11) is 0. The van der Waals surface area contributed by atoms with E-state index >= 15 is 0 Å². The molecule has 1 heterocycles. The van der Waals surface area contributed by atoms with Gasteiger partial charge in [0.15, 0.2) is 0 Å². The van der Waals surface area contributed by atoms with Gasteiger partial charge in [-0.3, -0.25) is 4.90 Å². The highest BCUT2D eigenvalue weighted by atomic mass is 19.3. The molecule has 0 saturated carbocycles. The average Bonchev–Trinajstić information content (AvgIpc) is 3.04. The van der Waals surface area contributed by atoms with Crippen LogP contribution in [0.25, 0.3) is 0 Å². The van der Waals surface area contributed by atoms with Gasteiger partial charge in [0.05, 0.1) is 0 Å². The van der Waals surface area contributed by atoms with Crippen LogP contribution in [0.15, 0.2) is 54.6 Å². The third-order valence-electron chi connectivity index (χ3n) is 4.19. The van der Waals surface area contributed by atoms with Gasteiger partial charge >= 0.3 is 12.6 Å². The summed E-state index contributed by atoms with van der Waals surface area (Å²) < 4.78 is 28.5. The van der Waals surface area contributed by atoms with Crippen molar-refractivity contribution in [3.63, 3.8) is 0 Å². The highest BCUT2D eigenvalue weighted by Crippen LogP contribution is 2.18. The molecule has 0 bridgehead atoms. The van der Waals surface area contributed by atoms with Crippen LogP contribution in [0, 0.1) is 0 Å². The van der Waals surface area contributed by atoms with E-state index in [4.69, 9.17) is 0 Å². The Hall–Kier alpha value is -2.67. The Balaban J connectivity index is 1.44. The third-order valence-corrected chi connectivity index (χ3v) is 4.19. The van der Waals surface area contributed by atoms with Crippen molar-refractivity contribution >= 4 is 11.7 Å². The summed E-state index contributed by atoms with van der Waals surface area (Å²) in [4.78, 5) is 14.4. The first-order valence-corrected chi connectivity index (χ1v) is 8.47. The second kappa shape index (κ2) is 8.62. The number of carbonyl (C=O) groups is 1. The predicted octanol–water partition coefficient (Wildman–Crippen LogP) is 3.68. The number of hydrogen-bond acceptors (Lipinski definition) is 3. The summed E-state index contributed by atoms with van der Waals surface area (Å²) >= 11 is 0. The van der Waals surface area contributed by atoms with Crippen molar-refractivity contribution in [1.29, 1.82) is 0 Å². The Kier molecular flexibility index (Phi) is 6.01. The lowest BCUT2D eigenvalue weighted by Gasteiger charge is -2.17. The molecule has 1 aliphatic heterocycles. The molecule has 0 aromatic heterocycles. The molecule has 2 aromatic carbocycles. The number of urea groups is 1. The first kappa shape index (κ1) is 18.1. The maximum absolute atomic E-state index is 12.1. The molecule has 1 saturated heterocycles. The molecular weight excluding hydrogens is 340 g/mol. The smallest absolute Gasteiger partial charge is 0.387 e. The van der Waals surface area contributed by atoms with Crippen molar-refractivity contribution in [1.82, 2.24) is 10.2 Å². The van der Waals surface area contributed by atoms with E-state index in [9.17, 15) is 13.6 Å². The monoisotopic (exact) mass is 361 g/mol. The first-order valence-electron chi connectivity index (χ1n) is 8.47. The molecule has 26 heavy (non-hydrogen) atoms. The fourth-order valence-electron chi connectivity index (χ4n) is 3.01. The van der Waals surface area contributed by atoms with Crippen molar-refractivity contribution in [2.24, 2.45) is 0 Å². The number of rotatable bonds is 6. The van der Waals surface area contributed by atoms with Crippen molar-refractivity contribution in [2.75, 3.05) is 18.4 Å². The van der Waals surface area contributed by atoms with Crippen LogP contribution < -0.4 is 15.4 Å². The summed E-state index contributed by atoms with van der Waals surface area (Å²) in [5, 5.41) is 5.65. The maximum atomic E-state index is 12.1. The topological polar surface area (TPSA) is 53.6 Å². The fraction of sp³-hybridized carbons (Fsp3) is 0.316. The van der Waals surface area contributed by atoms with Crippen LogP contribution in [0.2, 0.25) is 0 Å². The molecule has 0 spiro atoms. The minimum absolute atomic E-state index is 0.0540. The van der Waals surface area contributed by atoms with E-state index in [2.05, 4.69) is 32.4 Å². The van der Waals surface area contributed by atoms with Gasteiger partial charge in [-0.15, -0.1) is 0 Å². The Morgan fingerprint density at radius 3 is 2.58 bits per heavy atom. The van der Waals surface area contributed by atoms with E-state index < -0.39 is 6.61 Å². The number of amides is 2. The molecule has 1 atom stereocenters. The summed E-state index contributed by atoms with van der Waals surface area (Å²) in [6.07, 6.45) is 0.890. The van der Waals surface area contributed by atoms with Crippen LogP contribution in [0.1, 0.15) is 12.0 Å². The minimum Gasteiger partial charge on any atom is -0.435 e. The van der Waals surface area contributed by atoms with Gasteiger partial charge in [-0.25, -0.2) is 4.79 Å². The van der Waals surface area contributed by atoms with Gasteiger partial charge in [-0.05, 0) is 36.2 Å². The van der Waals surface area contributed by atoms with E-state index in [1.165, 1.54) is 29.8 Å². The number of halogens is 2. The molecule has 0 radical (unpaired) electrons. The number of anilines is 1. The molecule has 2 amide bonds. The van der Waals surface area contributed by atoms with Crippen LogP contribution in [0.4, 0.5) is 19.3 Å². The van der Waals surface area contributed by atoms with Crippen LogP contribution in [-0.4, -0.2) is 36.7 Å². The zero-order valence-electron chi connectivity index (χ0n) is 14.2. The number of likely N-dealkylation sites (tertiary alicyclic amines) is 1. The van der Waals surface area contributed by atoms with Crippen LogP contribution >= 0.6 is 0 Å².